The van der Waals surface area contributed by atoms with Crippen molar-refractivity contribution in [1.29, 1.82) is 0 Å². The molecule has 28 heteroatoms. The van der Waals surface area contributed by atoms with Gasteiger partial charge in [-0.25, -0.2) is 19.2 Å². The van der Waals surface area contributed by atoms with E-state index in [2.05, 4.69) is 21.3 Å². The number of hydrogen-bond acceptors (Lipinski definition) is 20. The molecule has 0 saturated carbocycles. The molecule has 9 rings (SSSR count). The number of amides is 8. The van der Waals surface area contributed by atoms with E-state index in [4.69, 9.17) is 18.9 Å². The molecule has 8 amide bonds. The highest BCUT2D eigenvalue weighted by Crippen LogP contribution is 2.58. The van der Waals surface area contributed by atoms with Crippen molar-refractivity contribution >= 4 is 48.0 Å². The molecule has 8 aromatic rings. The summed E-state index contributed by atoms with van der Waals surface area (Å²) in [5, 5.41) is 126. The first-order chi connectivity index (χ1) is 63.7. The van der Waals surface area contributed by atoms with Crippen LogP contribution in [0.15, 0.2) is 146 Å². The van der Waals surface area contributed by atoms with Crippen LogP contribution in [0.5, 0.6) is 46.0 Å². The molecule has 0 spiro atoms. The van der Waals surface area contributed by atoms with E-state index in [-0.39, 0.29) is 95.9 Å². The first-order valence-corrected chi connectivity index (χ1v) is 47.0. The SMILES string of the molecule is CNC(=O)[C@H](Cc1ccccc1)N(Cc1c(O)c2cc(c1O)C(CC(C)C)c1cc(c(O)c(CN(C(=O)OC(C)(C)C)[C@@H](Cc3ccccc3)C(=O)NC)c1O)C(CC(C)C)c1cc(c(O)c(CN(C(=O)OC(C)(C)C)[C@@H](Cc3ccccc3)C(=O)NC)c1O)C(CC(C)C)c1cc(c(O)c(CN(C(=O)OC(C)(C)C)[C@@H](Cc3ccccc3)C(=O)NC)c1O)C2CC(C)C)C(=O)OC(C)(C)C. The van der Waals surface area contributed by atoms with Crippen molar-refractivity contribution < 1.29 is 98.2 Å². The van der Waals surface area contributed by atoms with Gasteiger partial charge in [0.25, 0.3) is 0 Å². The molecule has 4 atom stereocenters. The highest BCUT2D eigenvalue weighted by atomic mass is 16.6. The van der Waals surface area contributed by atoms with Gasteiger partial charge in [0.1, 0.15) is 92.6 Å². The van der Waals surface area contributed by atoms with Crippen molar-refractivity contribution in [1.82, 2.24) is 40.9 Å². The number of phenolic OH excluding ortho intramolecular Hbond substituents is 8. The number of hydrogen-bond donors (Lipinski definition) is 12. The van der Waals surface area contributed by atoms with Crippen LogP contribution in [0, 0.1) is 23.7 Å². The van der Waals surface area contributed by atoms with Crippen LogP contribution >= 0.6 is 0 Å². The summed E-state index contributed by atoms with van der Waals surface area (Å²) in [4.78, 5) is 127. The summed E-state index contributed by atoms with van der Waals surface area (Å²) >= 11 is 0. The molecule has 0 saturated heterocycles. The number of fused-ring (bicyclic) bond motifs is 8. The predicted octanol–water partition coefficient (Wildman–Crippen LogP) is 18.7. The van der Waals surface area contributed by atoms with Crippen molar-refractivity contribution in [2.24, 2.45) is 23.7 Å². The van der Waals surface area contributed by atoms with Gasteiger partial charge in [-0.3, -0.25) is 38.8 Å². The van der Waals surface area contributed by atoms with Crippen LogP contribution < -0.4 is 21.3 Å². The van der Waals surface area contributed by atoms with E-state index < -0.39 is 236 Å². The number of carbonyl (C=O) groups excluding carboxylic acids is 8. The average molecular weight is 1870 g/mol. The molecule has 0 fully saturated rings. The molecule has 0 unspecified atom stereocenters. The van der Waals surface area contributed by atoms with Gasteiger partial charge in [-0.2, -0.15) is 0 Å². The Kier molecular flexibility index (Phi) is 35.5. The van der Waals surface area contributed by atoms with Crippen molar-refractivity contribution in [3.05, 3.63) is 235 Å². The second-order valence-corrected chi connectivity index (χ2v) is 41.4. The number of rotatable bonds is 32. The Balaban J connectivity index is 1.63. The minimum atomic E-state index is -1.48. The molecule has 1 aliphatic rings. The lowest BCUT2D eigenvalue weighted by atomic mass is 9.73. The first kappa shape index (κ1) is 107. The third-order valence-corrected chi connectivity index (χ3v) is 24.2. The molecule has 12 N–H and O–H groups in total. The summed E-state index contributed by atoms with van der Waals surface area (Å²) in [5.41, 5.74) is -4.94. The van der Waals surface area contributed by atoms with Crippen molar-refractivity contribution in [3.8, 4) is 46.0 Å². The van der Waals surface area contributed by atoms with Gasteiger partial charge < -0.3 is 81.1 Å². The largest absolute Gasteiger partial charge is 0.507 e. The van der Waals surface area contributed by atoms with Crippen molar-refractivity contribution in [2.45, 2.75) is 286 Å². The van der Waals surface area contributed by atoms with Crippen LogP contribution in [0.4, 0.5) is 19.2 Å². The summed E-state index contributed by atoms with van der Waals surface area (Å²) in [5.74, 6) is -15.9. The van der Waals surface area contributed by atoms with Crippen LogP contribution in [0.25, 0.3) is 0 Å². The van der Waals surface area contributed by atoms with E-state index in [1.54, 1.807) is 204 Å². The van der Waals surface area contributed by atoms with E-state index in [0.29, 0.717) is 22.3 Å². The molecule has 1 aliphatic carbocycles. The Hall–Kier alpha value is -12.9. The number of likely N-dealkylation sites (N-methyl/N-ethyl adjacent to an activating group) is 4. The third-order valence-electron chi connectivity index (χ3n) is 24.2. The zero-order chi connectivity index (χ0) is 101. The molecule has 0 radical (unpaired) electrons. The normalized spacial score (nSPS) is 15.4. The summed E-state index contributed by atoms with van der Waals surface area (Å²) in [6.07, 6.45) is -5.21. The minimum absolute atomic E-state index is 0.0756. The van der Waals surface area contributed by atoms with Gasteiger partial charge in [-0.1, -0.05) is 177 Å². The maximum atomic E-state index is 15.7. The smallest absolute Gasteiger partial charge is 0.411 e. The number of nitrogens with one attached hydrogen (secondary N) is 4. The van der Waals surface area contributed by atoms with E-state index in [1.807, 2.05) is 55.4 Å². The maximum Gasteiger partial charge on any atom is 0.411 e. The number of benzene rings is 8. The van der Waals surface area contributed by atoms with E-state index >= 15 is 38.4 Å². The molecule has 8 bridgehead atoms. The van der Waals surface area contributed by atoms with Gasteiger partial charge in [0.2, 0.25) is 23.6 Å². The van der Waals surface area contributed by atoms with Gasteiger partial charge >= 0.3 is 24.4 Å². The van der Waals surface area contributed by atoms with Crippen LogP contribution in [0.1, 0.15) is 277 Å². The number of nitrogens with zero attached hydrogens (tertiary/aromatic N) is 4. The fourth-order valence-corrected chi connectivity index (χ4v) is 17.9. The third kappa shape index (κ3) is 26.9. The Labute approximate surface area is 801 Å². The number of ether oxygens (including phenoxy) is 4. The van der Waals surface area contributed by atoms with Gasteiger partial charge in [0, 0.05) is 122 Å². The molecule has 0 heterocycles. The van der Waals surface area contributed by atoms with E-state index in [9.17, 15) is 40.9 Å². The fourth-order valence-electron chi connectivity index (χ4n) is 17.9. The maximum absolute atomic E-state index is 15.7. The molecular formula is C108H144N8O20. The molecule has 28 nitrogen and oxygen atoms in total. The zero-order valence-corrected chi connectivity index (χ0v) is 83.5. The van der Waals surface area contributed by atoms with E-state index in [1.165, 1.54) is 52.5 Å². The molecule has 0 aliphatic heterocycles. The lowest BCUT2D eigenvalue weighted by Crippen LogP contribution is -2.51. The Morgan fingerprint density at radius 2 is 0.419 bits per heavy atom. The van der Waals surface area contributed by atoms with Crippen LogP contribution in [0.2, 0.25) is 0 Å². The number of phenols is 8. The van der Waals surface area contributed by atoms with Gasteiger partial charge in [0.15, 0.2) is 0 Å². The summed E-state index contributed by atoms with van der Waals surface area (Å²) in [6, 6.07) is 35.5. The highest BCUT2D eigenvalue weighted by Gasteiger charge is 2.46. The van der Waals surface area contributed by atoms with Gasteiger partial charge in [-0.15, -0.1) is 0 Å². The first-order valence-electron chi connectivity index (χ1n) is 47.0. The lowest BCUT2D eigenvalue weighted by molar-refractivity contribution is -0.126. The fraction of sp³-hybridized carbons (Fsp3) is 0.481. The molecule has 8 aromatic carbocycles. The van der Waals surface area contributed by atoms with Gasteiger partial charge in [-0.05, 0) is 179 Å². The Morgan fingerprint density at radius 3 is 0.544 bits per heavy atom. The number of aromatic hydroxyl groups is 8. The van der Waals surface area contributed by atoms with E-state index in [0.717, 1.165) is 19.6 Å². The topological polar surface area (TPSA) is 396 Å². The summed E-state index contributed by atoms with van der Waals surface area (Å²) in [6.45, 7) is 31.2. The van der Waals surface area contributed by atoms with Crippen molar-refractivity contribution in [3.63, 3.8) is 0 Å². The number of carbonyl (C=O) groups is 8. The minimum Gasteiger partial charge on any atom is -0.507 e. The average Bonchev–Trinajstić information content (AvgIpc) is 0.729. The van der Waals surface area contributed by atoms with Crippen LogP contribution in [0.3, 0.4) is 0 Å². The second kappa shape index (κ2) is 45.2. The van der Waals surface area contributed by atoms with Crippen LogP contribution in [-0.4, -0.2) is 183 Å². The van der Waals surface area contributed by atoms with Gasteiger partial charge in [0.05, 0.1) is 48.4 Å². The Bertz CT molecular complexity index is 4740. The monoisotopic (exact) mass is 1870 g/mol. The highest BCUT2D eigenvalue weighted by molar-refractivity contribution is 5.89. The predicted molar refractivity (Wildman–Crippen MR) is 523 cm³/mol. The standard InChI is InChI=1S/C108H144N8O20/c1-61(2)45-69-73-53-75(91(119)81(89(73)117)57-113(101(129)133-105(9,10)11)85(97(125)109-21)49-65-37-29-25-30-38-65)70(46-62(3)4)77-55-79(95(123)83(93(77)121)59-115(103(131)135-107(15,16)17)87(99(127)111-23)51-67-41-33-27-34-42-67)72(48-64(7)8)80-56-78(94(122)84(96(80)124)60-116(104(132)136-108(18,19)20)88(100(128)112-24)52-68-43-35-28-36-44-68)71(47-63(5)6)76-54-74(69)90(118)82(92(76)120)58-114(102(130)134-106(12,13)14)86(98(126)110-22)50-66-39-31-26-32-40-66/h25-44,53-56,61-64,69-72,85-88,117-124H,45-52,57-60H2,1-24H3,(H,109,125)(H,110,126)(H,111,127)(H,112,128)/t69?,70?,71?,72?,85-,86-,87-,88-/m0/s1. The zero-order valence-electron chi connectivity index (χ0n) is 83.5. The molecular weight excluding hydrogens is 1730 g/mol. The molecule has 0 aromatic heterocycles. The summed E-state index contributed by atoms with van der Waals surface area (Å²) < 4.78 is 25.0. The van der Waals surface area contributed by atoms with Crippen molar-refractivity contribution in [2.75, 3.05) is 28.2 Å². The second-order valence-electron chi connectivity index (χ2n) is 41.4. The lowest BCUT2D eigenvalue weighted by Gasteiger charge is -2.36. The summed E-state index contributed by atoms with van der Waals surface area (Å²) in [7, 11) is 5.57. The quantitative estimate of drug-likeness (QED) is 0.0174. The molecule has 736 valence electrons. The Morgan fingerprint density at radius 1 is 0.272 bits per heavy atom. The molecule has 136 heavy (non-hydrogen) atoms. The van der Waals surface area contributed by atoms with Crippen LogP contribution in [-0.2, 0) is 90.0 Å².